The molecule has 0 bridgehead atoms. The fourth-order valence-electron chi connectivity index (χ4n) is 2.08. The molecule has 8 heteroatoms. The van der Waals surface area contributed by atoms with E-state index in [-0.39, 0.29) is 20.9 Å². The Morgan fingerprint density at radius 2 is 2.00 bits per heavy atom. The number of hydrogen-bond donors (Lipinski definition) is 3. The summed E-state index contributed by atoms with van der Waals surface area (Å²) in [6, 6.07) is -0.528. The van der Waals surface area contributed by atoms with Crippen molar-refractivity contribution >= 4 is 38.8 Å². The average Bonchev–Trinajstić information content (AvgIpc) is 2.89. The number of aromatic amines is 1. The topological polar surface area (TPSA) is 74.0 Å². The zero-order valence-electron chi connectivity index (χ0n) is 9.18. The van der Waals surface area contributed by atoms with E-state index in [0.29, 0.717) is 0 Å². The molecule has 3 N–H and O–H groups in total. The van der Waals surface area contributed by atoms with Crippen molar-refractivity contribution in [2.75, 3.05) is 0 Å². The molecular weight excluding hydrogens is 324 g/mol. The molecule has 1 saturated heterocycles. The summed E-state index contributed by atoms with van der Waals surface area (Å²) in [7, 11) is 0. The first-order valence-electron chi connectivity index (χ1n) is 5.25. The van der Waals surface area contributed by atoms with Crippen molar-refractivity contribution in [3.63, 3.8) is 0 Å². The molecule has 0 aliphatic carbocycles. The second-order valence-electron chi connectivity index (χ2n) is 4.05. The van der Waals surface area contributed by atoms with Gasteiger partial charge in [0.2, 0.25) is 0 Å². The number of rotatable bonds is 1. The van der Waals surface area contributed by atoms with E-state index in [2.05, 4.69) is 31.5 Å². The normalized spacial score (nSPS) is 18.8. The molecule has 1 aliphatic rings. The zero-order chi connectivity index (χ0) is 13.7. The van der Waals surface area contributed by atoms with Crippen LogP contribution < -0.4 is 10.6 Å². The molecule has 19 heavy (non-hydrogen) atoms. The number of hydrogen-bond acceptors (Lipinski definition) is 2. The van der Waals surface area contributed by atoms with Crippen LogP contribution in [0.5, 0.6) is 0 Å². The van der Waals surface area contributed by atoms with Gasteiger partial charge in [-0.2, -0.15) is 0 Å². The van der Waals surface area contributed by atoms with Crippen molar-refractivity contribution in [1.82, 2.24) is 15.6 Å². The molecule has 1 atom stereocenters. The van der Waals surface area contributed by atoms with Crippen LogP contribution in [0.4, 0.5) is 13.6 Å². The lowest BCUT2D eigenvalue weighted by molar-refractivity contribution is -0.120. The second kappa shape index (κ2) is 4.02. The Balaban J connectivity index is 2.23. The molecule has 5 nitrogen and oxygen atoms in total. The largest absolute Gasteiger partial charge is 0.361 e. The first-order valence-corrected chi connectivity index (χ1v) is 6.04. The number of fused-ring (bicyclic) bond motifs is 1. The average molecular weight is 330 g/mol. The lowest BCUT2D eigenvalue weighted by atomic mass is 10.1. The number of amides is 3. The highest BCUT2D eigenvalue weighted by atomic mass is 79.9. The van der Waals surface area contributed by atoms with E-state index >= 15 is 0 Å². The third-order valence-corrected chi connectivity index (χ3v) is 3.65. The highest BCUT2D eigenvalue weighted by Crippen LogP contribution is 2.33. The predicted octanol–water partition coefficient (Wildman–Crippen LogP) is 2.09. The summed E-state index contributed by atoms with van der Waals surface area (Å²) in [5.41, 5.74) is 0.457. The molecule has 98 valence electrons. The minimum atomic E-state index is -0.992. The predicted molar refractivity (Wildman–Crippen MR) is 65.3 cm³/mol. The number of aromatic nitrogens is 1. The first kappa shape index (κ1) is 12.1. The van der Waals surface area contributed by atoms with Crippen LogP contribution in [-0.2, 0) is 4.79 Å². The Bertz CT molecular complexity index is 728. The molecule has 0 saturated carbocycles. The van der Waals surface area contributed by atoms with Crippen LogP contribution in [0.1, 0.15) is 11.6 Å². The van der Waals surface area contributed by atoms with E-state index < -0.39 is 29.6 Å². The number of carbonyl (C=O) groups is 2. The van der Waals surface area contributed by atoms with Crippen molar-refractivity contribution in [2.45, 2.75) is 6.04 Å². The zero-order valence-corrected chi connectivity index (χ0v) is 10.8. The van der Waals surface area contributed by atoms with E-state index in [1.54, 1.807) is 0 Å². The Hall–Kier alpha value is -1.96. The third kappa shape index (κ3) is 1.71. The standard InChI is InChI=1S/C11H6BrF2N3O2/c12-7-4(13)1-5-6(8(7)14)3(2-15-5)9-10(18)17-11(19)16-9/h1-2,9,15H,(H2,16,17,18,19). The number of urea groups is 1. The number of benzene rings is 1. The molecule has 2 heterocycles. The molecule has 2 aromatic rings. The summed E-state index contributed by atoms with van der Waals surface area (Å²) in [6.45, 7) is 0. The monoisotopic (exact) mass is 329 g/mol. The van der Waals surface area contributed by atoms with Gasteiger partial charge in [0.25, 0.3) is 5.91 Å². The molecule has 3 rings (SSSR count). The van der Waals surface area contributed by atoms with Gasteiger partial charge in [-0.3, -0.25) is 10.1 Å². The Labute approximate surface area is 113 Å². The summed E-state index contributed by atoms with van der Waals surface area (Å²) in [4.78, 5) is 25.3. The number of halogens is 3. The van der Waals surface area contributed by atoms with Crippen molar-refractivity contribution in [2.24, 2.45) is 0 Å². The fourth-order valence-corrected chi connectivity index (χ4v) is 2.39. The number of H-pyrrole nitrogens is 1. The number of carbonyl (C=O) groups excluding carboxylic acids is 2. The quantitative estimate of drug-likeness (QED) is 0.553. The van der Waals surface area contributed by atoms with Gasteiger partial charge in [0.15, 0.2) is 0 Å². The molecule has 1 fully saturated rings. The smallest absolute Gasteiger partial charge is 0.322 e. The minimum Gasteiger partial charge on any atom is -0.361 e. The maximum Gasteiger partial charge on any atom is 0.322 e. The van der Waals surface area contributed by atoms with Crippen molar-refractivity contribution < 1.29 is 18.4 Å². The van der Waals surface area contributed by atoms with Gasteiger partial charge >= 0.3 is 6.03 Å². The lowest BCUT2D eigenvalue weighted by Crippen LogP contribution is -2.22. The Morgan fingerprint density at radius 3 is 2.63 bits per heavy atom. The highest BCUT2D eigenvalue weighted by Gasteiger charge is 2.33. The van der Waals surface area contributed by atoms with E-state index in [1.807, 2.05) is 0 Å². The van der Waals surface area contributed by atoms with E-state index in [9.17, 15) is 18.4 Å². The molecule has 0 spiro atoms. The van der Waals surface area contributed by atoms with E-state index in [0.717, 1.165) is 6.07 Å². The van der Waals surface area contributed by atoms with Gasteiger partial charge in [-0.15, -0.1) is 0 Å². The Kier molecular flexibility index (Phi) is 2.56. The van der Waals surface area contributed by atoms with Crippen molar-refractivity contribution in [3.05, 3.63) is 33.9 Å². The van der Waals surface area contributed by atoms with Gasteiger partial charge in [-0.05, 0) is 22.0 Å². The highest BCUT2D eigenvalue weighted by molar-refractivity contribution is 9.10. The molecule has 0 radical (unpaired) electrons. The first-order chi connectivity index (χ1) is 8.99. The van der Waals surface area contributed by atoms with Crippen LogP contribution in [0, 0.1) is 11.6 Å². The maximum absolute atomic E-state index is 14.1. The van der Waals surface area contributed by atoms with Crippen LogP contribution in [0.25, 0.3) is 10.9 Å². The molecule has 3 amide bonds. The van der Waals surface area contributed by atoms with Crippen molar-refractivity contribution in [1.29, 1.82) is 0 Å². The van der Waals surface area contributed by atoms with Gasteiger partial charge < -0.3 is 10.3 Å². The molecule has 1 unspecified atom stereocenters. The second-order valence-corrected chi connectivity index (χ2v) is 4.84. The van der Waals surface area contributed by atoms with Crippen LogP contribution in [0.15, 0.2) is 16.7 Å². The number of imide groups is 1. The van der Waals surface area contributed by atoms with Gasteiger partial charge in [-0.1, -0.05) is 0 Å². The van der Waals surface area contributed by atoms with Crippen LogP contribution in [-0.4, -0.2) is 16.9 Å². The summed E-state index contributed by atoms with van der Waals surface area (Å²) >= 11 is 2.80. The van der Waals surface area contributed by atoms with Gasteiger partial charge in [0.1, 0.15) is 17.7 Å². The Morgan fingerprint density at radius 1 is 1.26 bits per heavy atom. The fraction of sp³-hybridized carbons (Fsp3) is 0.0909. The summed E-state index contributed by atoms with van der Waals surface area (Å²) in [5, 5.41) is 4.48. The van der Waals surface area contributed by atoms with Crippen LogP contribution in [0.3, 0.4) is 0 Å². The number of nitrogens with one attached hydrogen (secondary N) is 3. The molecule has 1 aromatic carbocycles. The van der Waals surface area contributed by atoms with Crippen LogP contribution in [0.2, 0.25) is 0 Å². The van der Waals surface area contributed by atoms with Gasteiger partial charge in [-0.25, -0.2) is 13.6 Å². The van der Waals surface area contributed by atoms with E-state index in [4.69, 9.17) is 0 Å². The molecular formula is C11H6BrF2N3O2. The van der Waals surface area contributed by atoms with Gasteiger partial charge in [0, 0.05) is 17.1 Å². The maximum atomic E-state index is 14.1. The SMILES string of the molecule is O=C1NC(=O)C(c2c[nH]c3cc(F)c(Br)c(F)c23)N1. The summed E-state index contributed by atoms with van der Waals surface area (Å²) in [6.07, 6.45) is 1.37. The molecule has 1 aromatic heterocycles. The lowest BCUT2D eigenvalue weighted by Gasteiger charge is -2.07. The van der Waals surface area contributed by atoms with Gasteiger partial charge in [0.05, 0.1) is 9.99 Å². The summed E-state index contributed by atoms with van der Waals surface area (Å²) in [5.74, 6) is -2.15. The molecule has 1 aliphatic heterocycles. The van der Waals surface area contributed by atoms with Crippen molar-refractivity contribution in [3.8, 4) is 0 Å². The van der Waals surface area contributed by atoms with Crippen LogP contribution >= 0.6 is 15.9 Å². The minimum absolute atomic E-state index is 0.0654. The third-order valence-electron chi connectivity index (χ3n) is 2.92. The van der Waals surface area contributed by atoms with E-state index in [1.165, 1.54) is 6.20 Å². The summed E-state index contributed by atoms with van der Waals surface area (Å²) < 4.78 is 27.1.